The van der Waals surface area contributed by atoms with Gasteiger partial charge in [-0.1, -0.05) is 53.7 Å². The van der Waals surface area contributed by atoms with Gasteiger partial charge in [-0.15, -0.1) is 22.7 Å². The number of fused-ring (bicyclic) bond motifs is 2. The number of anilines is 2. The molecule has 2 saturated heterocycles. The molecule has 2 amide bonds. The van der Waals surface area contributed by atoms with E-state index in [1.807, 2.05) is 84.9 Å². The van der Waals surface area contributed by atoms with Crippen molar-refractivity contribution in [3.05, 3.63) is 81.6 Å². The van der Waals surface area contributed by atoms with Gasteiger partial charge in [0.15, 0.2) is 22.7 Å². The lowest BCUT2D eigenvalue weighted by molar-refractivity contribution is -0.128. The van der Waals surface area contributed by atoms with E-state index in [0.29, 0.717) is 76.6 Å². The van der Waals surface area contributed by atoms with E-state index < -0.39 is 0 Å². The van der Waals surface area contributed by atoms with Crippen molar-refractivity contribution in [3.63, 3.8) is 0 Å². The second-order valence-electron chi connectivity index (χ2n) is 18.3. The largest absolute Gasteiger partial charge is 0.346 e. The number of nitrogens with two attached hydrogens (primary N) is 1. The van der Waals surface area contributed by atoms with E-state index in [4.69, 9.17) is 17.3 Å². The Morgan fingerprint density at radius 1 is 0.692 bits per heavy atom. The highest BCUT2D eigenvalue weighted by Gasteiger charge is 2.37. The maximum Gasteiger partial charge on any atom is 0.274 e. The van der Waals surface area contributed by atoms with Gasteiger partial charge in [-0.05, 0) is 63.6 Å². The van der Waals surface area contributed by atoms with Crippen LogP contribution in [0.25, 0.3) is 20.7 Å². The molecule has 4 N–H and O–H groups in total. The van der Waals surface area contributed by atoms with Crippen LogP contribution >= 0.6 is 34.3 Å². The molecule has 0 bridgehead atoms. The topological polar surface area (TPSA) is 228 Å². The minimum absolute atomic E-state index is 0.0428. The fourth-order valence-electron chi connectivity index (χ4n) is 6.49. The molecule has 2 aliphatic heterocycles. The number of Topliss-reactive ketones (excluding diaryl/α,β-unsaturated/α-hetero) is 1. The zero-order chi connectivity index (χ0) is 47.4. The number of nitrogens with zero attached hydrogens (tertiary/aromatic N) is 10. The fraction of sp³-hybridized carbons (Fsp3) is 0.467. The van der Waals surface area contributed by atoms with Gasteiger partial charge < -0.3 is 26.2 Å². The number of halogens is 1. The van der Waals surface area contributed by atoms with Crippen molar-refractivity contribution in [1.82, 2.24) is 49.7 Å². The molecule has 2 atom stereocenters. The van der Waals surface area contributed by atoms with Crippen molar-refractivity contribution in [2.45, 2.75) is 93.8 Å². The molecule has 8 rings (SSSR count). The molecular formula is C45H56ClN13O4S2. The lowest BCUT2D eigenvalue weighted by Crippen LogP contribution is -2.58. The summed E-state index contributed by atoms with van der Waals surface area (Å²) in [6.45, 7) is 21.1. The number of carbonyl (C=O) groups excluding carboxylic acids is 4. The molecule has 0 aromatic carbocycles. The van der Waals surface area contributed by atoms with Crippen LogP contribution in [0.3, 0.4) is 0 Å². The number of pyridine rings is 2. The van der Waals surface area contributed by atoms with E-state index in [1.165, 1.54) is 22.7 Å². The van der Waals surface area contributed by atoms with Crippen LogP contribution in [-0.4, -0.2) is 105 Å². The molecule has 20 heteroatoms. The highest BCUT2D eigenvalue weighted by molar-refractivity contribution is 7.19. The van der Waals surface area contributed by atoms with Crippen LogP contribution in [0.4, 0.5) is 11.9 Å². The van der Waals surface area contributed by atoms with Crippen LogP contribution < -0.4 is 16.4 Å². The first kappa shape index (κ1) is 48.8. The molecule has 0 radical (unpaired) electrons. The third-order valence-electron chi connectivity index (χ3n) is 10.4. The number of carbonyl (C=O) groups is 4. The van der Waals surface area contributed by atoms with Crippen LogP contribution in [0.2, 0.25) is 0 Å². The molecule has 2 fully saturated rings. The average molecular weight is 943 g/mol. The van der Waals surface area contributed by atoms with Crippen LogP contribution in [0, 0.1) is 30.6 Å². The number of aromatic nitrogens is 8. The summed E-state index contributed by atoms with van der Waals surface area (Å²) in [6.07, 6.45) is 3.98. The number of hydrogen-bond donors (Lipinski definition) is 3. The van der Waals surface area contributed by atoms with Crippen molar-refractivity contribution < 1.29 is 19.2 Å². The summed E-state index contributed by atoms with van der Waals surface area (Å²) in [6, 6.07) is 11.2. The number of aryl methyl sites for hydroxylation is 2. The molecule has 6 aromatic heterocycles. The Hall–Kier alpha value is -5.63. The monoisotopic (exact) mass is 941 g/mol. The Labute approximate surface area is 391 Å². The predicted octanol–water partition coefficient (Wildman–Crippen LogP) is 7.58. The summed E-state index contributed by atoms with van der Waals surface area (Å²) in [5.41, 5.74) is 8.59. The van der Waals surface area contributed by atoms with Gasteiger partial charge in [0.1, 0.15) is 15.2 Å². The quantitative estimate of drug-likeness (QED) is 0.112. The number of thiazole rings is 2. The highest BCUT2D eigenvalue weighted by Crippen LogP contribution is 2.31. The Morgan fingerprint density at radius 3 is 1.46 bits per heavy atom. The Morgan fingerprint density at radius 2 is 1.11 bits per heavy atom. The van der Waals surface area contributed by atoms with E-state index in [9.17, 15) is 19.2 Å². The zero-order valence-corrected chi connectivity index (χ0v) is 40.7. The summed E-state index contributed by atoms with van der Waals surface area (Å²) in [5.74, 6) is 0.879. The molecule has 65 heavy (non-hydrogen) atoms. The zero-order valence-electron chi connectivity index (χ0n) is 38.3. The minimum atomic E-state index is -0.373. The molecular weight excluding hydrogens is 886 g/mol. The molecule has 17 nitrogen and oxygen atoms in total. The SMILES string of the molecule is CC(C)(C)C(=O)Cl.Cc1nc2nc(N[C@@H](C)c3ccccn3)nc(C(=O)N3CC(CC(=O)C(C)(C)C)C3)c2s1.Cc1nc2nc(N[C@@H](C)c3ccccn3)nc(C(=O)N3CC(N)C3)c2s1. The third-order valence-corrected chi connectivity index (χ3v) is 12.9. The maximum atomic E-state index is 13.3. The number of hydrogen-bond acceptors (Lipinski definition) is 17. The molecule has 2 aliphatic rings. The first-order valence-corrected chi connectivity index (χ1v) is 23.3. The standard InChI is InChI=1S/C23H28N6O2S.C17H19N7OS.C5H9ClO/c1-13(16-8-6-7-9-24-16)25-22-27-18(19-20(28-22)26-14(2)32-19)21(31)29-11-15(12-29)10-17(30)23(3,4)5;1-9(12-5-3-4-6-19-12)20-17-22-13(16(25)24-7-11(18)8-24)14-15(23-17)21-10(2)26-14;1-5(2,3)4(6)7/h6-9,13,15H,10-12H2,1-5H3,(H,25,27,28);3-6,9,11H,7-8,18H2,1-2H3,(H,20,22,23);1-3H3/t13-;9-;/m00./s1. The normalized spacial score (nSPS) is 15.1. The van der Waals surface area contributed by atoms with Gasteiger partial charge in [0.25, 0.3) is 11.8 Å². The fourth-order valence-corrected chi connectivity index (χ4v) is 8.17. The predicted molar refractivity (Wildman–Crippen MR) is 255 cm³/mol. The van der Waals surface area contributed by atoms with E-state index in [-0.39, 0.29) is 57.7 Å². The molecule has 344 valence electrons. The molecule has 0 unspecified atom stereocenters. The van der Waals surface area contributed by atoms with Gasteiger partial charge in [-0.2, -0.15) is 9.97 Å². The first-order valence-electron chi connectivity index (χ1n) is 21.3. The number of ketones is 1. The van der Waals surface area contributed by atoms with Crippen LogP contribution in [0.1, 0.15) is 116 Å². The lowest BCUT2D eigenvalue weighted by atomic mass is 9.83. The Kier molecular flexibility index (Phi) is 15.2. The number of rotatable bonds is 10. The van der Waals surface area contributed by atoms with Crippen molar-refractivity contribution in [1.29, 1.82) is 0 Å². The van der Waals surface area contributed by atoms with Crippen molar-refractivity contribution in [3.8, 4) is 0 Å². The van der Waals surface area contributed by atoms with Crippen molar-refractivity contribution in [2.24, 2.45) is 22.5 Å². The van der Waals surface area contributed by atoms with Crippen LogP contribution in [-0.2, 0) is 9.59 Å². The van der Waals surface area contributed by atoms with Gasteiger partial charge in [0.2, 0.25) is 17.1 Å². The number of likely N-dealkylation sites (tertiary alicyclic amines) is 2. The van der Waals surface area contributed by atoms with Gasteiger partial charge in [0, 0.05) is 67.8 Å². The first-order chi connectivity index (χ1) is 30.6. The number of amides is 2. The minimum Gasteiger partial charge on any atom is -0.346 e. The molecule has 0 aliphatic carbocycles. The van der Waals surface area contributed by atoms with Gasteiger partial charge in [-0.25, -0.2) is 19.9 Å². The van der Waals surface area contributed by atoms with Gasteiger partial charge in [0.05, 0.1) is 33.5 Å². The van der Waals surface area contributed by atoms with E-state index in [1.54, 1.807) is 43.0 Å². The van der Waals surface area contributed by atoms with Gasteiger partial charge >= 0.3 is 0 Å². The summed E-state index contributed by atoms with van der Waals surface area (Å²) in [4.78, 5) is 87.8. The van der Waals surface area contributed by atoms with Crippen molar-refractivity contribution >= 4 is 89.7 Å². The molecule has 6 aromatic rings. The molecule has 0 spiro atoms. The lowest BCUT2D eigenvalue weighted by Gasteiger charge is -2.39. The van der Waals surface area contributed by atoms with Gasteiger partial charge in [-0.3, -0.25) is 29.1 Å². The average Bonchev–Trinajstić information content (AvgIpc) is 3.80. The molecule has 8 heterocycles. The van der Waals surface area contributed by atoms with E-state index in [0.717, 1.165) is 21.4 Å². The van der Waals surface area contributed by atoms with Crippen LogP contribution in [0.5, 0.6) is 0 Å². The second-order valence-corrected chi connectivity index (χ2v) is 21.0. The third kappa shape index (κ3) is 12.4. The Balaban J connectivity index is 0.000000191. The summed E-state index contributed by atoms with van der Waals surface area (Å²) < 4.78 is 1.40. The second kappa shape index (κ2) is 20.3. The Bertz CT molecular complexity index is 2660. The van der Waals surface area contributed by atoms with E-state index in [2.05, 4.69) is 50.5 Å². The van der Waals surface area contributed by atoms with E-state index >= 15 is 0 Å². The van der Waals surface area contributed by atoms with Crippen LogP contribution in [0.15, 0.2) is 48.8 Å². The summed E-state index contributed by atoms with van der Waals surface area (Å²) in [5, 5.41) is 7.86. The highest BCUT2D eigenvalue weighted by atomic mass is 35.5. The smallest absolute Gasteiger partial charge is 0.274 e. The number of nitrogens with one attached hydrogen (secondary N) is 2. The summed E-state index contributed by atoms with van der Waals surface area (Å²) in [7, 11) is 0. The maximum absolute atomic E-state index is 13.3. The van der Waals surface area contributed by atoms with Crippen molar-refractivity contribution in [2.75, 3.05) is 36.8 Å². The molecule has 0 saturated carbocycles. The summed E-state index contributed by atoms with van der Waals surface area (Å²) >= 11 is 7.96.